The smallest absolute Gasteiger partial charge is 0.367 e. The van der Waals surface area contributed by atoms with E-state index in [4.69, 9.17) is 16.3 Å². The zero-order valence-corrected chi connectivity index (χ0v) is 9.93. The van der Waals surface area contributed by atoms with Crippen LogP contribution in [0.2, 0.25) is 5.15 Å². The molecule has 0 bridgehead atoms. The molecular formula is C9H12ClN3O3. The normalized spacial score (nSPS) is 12.6. The van der Waals surface area contributed by atoms with Gasteiger partial charge in [0.1, 0.15) is 12.4 Å². The van der Waals surface area contributed by atoms with Gasteiger partial charge in [-0.25, -0.2) is 4.98 Å². The Hall–Kier alpha value is -1.43. The zero-order valence-electron chi connectivity index (χ0n) is 9.18. The van der Waals surface area contributed by atoms with E-state index in [9.17, 15) is 10.1 Å². The van der Waals surface area contributed by atoms with Crippen molar-refractivity contribution in [2.24, 2.45) is 5.92 Å². The van der Waals surface area contributed by atoms with E-state index in [2.05, 4.69) is 9.97 Å². The van der Waals surface area contributed by atoms with E-state index in [1.165, 1.54) is 0 Å². The summed E-state index contributed by atoms with van der Waals surface area (Å²) in [4.78, 5) is 17.4. The van der Waals surface area contributed by atoms with Crippen LogP contribution in [-0.4, -0.2) is 21.0 Å². The molecule has 0 radical (unpaired) electrons. The van der Waals surface area contributed by atoms with E-state index in [0.29, 0.717) is 0 Å². The van der Waals surface area contributed by atoms with Gasteiger partial charge in [-0.15, -0.1) is 0 Å². The van der Waals surface area contributed by atoms with Crippen LogP contribution in [0.3, 0.4) is 0 Å². The average Bonchev–Trinajstić information content (AvgIpc) is 2.16. The lowest BCUT2D eigenvalue weighted by Gasteiger charge is -2.16. The van der Waals surface area contributed by atoms with Crippen LogP contribution in [0.5, 0.6) is 5.88 Å². The molecule has 1 unspecified atom stereocenters. The summed E-state index contributed by atoms with van der Waals surface area (Å²) in [5, 5.41) is 10.5. The SMILES string of the molecule is CC(C)C(C)Oc1ncnc(Cl)c1[N+](=O)[O-]. The number of hydrogen-bond acceptors (Lipinski definition) is 5. The fourth-order valence-electron chi connectivity index (χ4n) is 0.894. The number of nitrogens with zero attached hydrogens (tertiary/aromatic N) is 3. The molecule has 16 heavy (non-hydrogen) atoms. The number of aromatic nitrogens is 2. The quantitative estimate of drug-likeness (QED) is 0.463. The Bertz CT molecular complexity index is 398. The van der Waals surface area contributed by atoms with Gasteiger partial charge in [0.2, 0.25) is 5.15 Å². The number of halogens is 1. The molecular weight excluding hydrogens is 234 g/mol. The van der Waals surface area contributed by atoms with E-state index >= 15 is 0 Å². The van der Waals surface area contributed by atoms with E-state index in [1.807, 2.05) is 20.8 Å². The Morgan fingerprint density at radius 1 is 1.44 bits per heavy atom. The first-order valence-corrected chi connectivity index (χ1v) is 5.12. The Labute approximate surface area is 97.8 Å². The molecule has 0 spiro atoms. The topological polar surface area (TPSA) is 78.2 Å². The van der Waals surface area contributed by atoms with Crippen LogP contribution in [0.25, 0.3) is 0 Å². The minimum atomic E-state index is -0.648. The van der Waals surface area contributed by atoms with Gasteiger partial charge >= 0.3 is 5.69 Å². The van der Waals surface area contributed by atoms with Crippen LogP contribution in [-0.2, 0) is 0 Å². The lowest BCUT2D eigenvalue weighted by atomic mass is 10.1. The van der Waals surface area contributed by atoms with E-state index < -0.39 is 10.6 Å². The second kappa shape index (κ2) is 5.07. The second-order valence-electron chi connectivity index (χ2n) is 3.64. The molecule has 0 saturated heterocycles. The Kier molecular flexibility index (Phi) is 4.00. The summed E-state index contributed by atoms with van der Waals surface area (Å²) in [6, 6.07) is 0. The van der Waals surface area contributed by atoms with Crippen molar-refractivity contribution in [1.82, 2.24) is 9.97 Å². The molecule has 1 rings (SSSR count). The van der Waals surface area contributed by atoms with Gasteiger partial charge in [0.05, 0.1) is 4.92 Å². The molecule has 0 amide bonds. The molecule has 1 aromatic rings. The predicted octanol–water partition coefficient (Wildman–Crippen LogP) is 2.46. The first-order valence-electron chi connectivity index (χ1n) is 4.75. The van der Waals surface area contributed by atoms with E-state index in [-0.39, 0.29) is 23.1 Å². The highest BCUT2D eigenvalue weighted by molar-refractivity contribution is 6.31. The van der Waals surface area contributed by atoms with Gasteiger partial charge in [0.15, 0.2) is 0 Å². The molecule has 1 atom stereocenters. The zero-order chi connectivity index (χ0) is 12.3. The van der Waals surface area contributed by atoms with E-state index in [1.54, 1.807) is 0 Å². The minimum absolute atomic E-state index is 0.0915. The maximum absolute atomic E-state index is 10.8. The molecule has 0 aliphatic rings. The highest BCUT2D eigenvalue weighted by Crippen LogP contribution is 2.31. The third-order valence-electron chi connectivity index (χ3n) is 2.16. The predicted molar refractivity (Wildman–Crippen MR) is 58.6 cm³/mol. The Balaban J connectivity index is 3.04. The van der Waals surface area contributed by atoms with Crippen LogP contribution in [0, 0.1) is 16.0 Å². The van der Waals surface area contributed by atoms with Crippen molar-refractivity contribution in [3.63, 3.8) is 0 Å². The number of ether oxygens (including phenoxy) is 1. The molecule has 0 saturated carbocycles. The van der Waals surface area contributed by atoms with Crippen molar-refractivity contribution in [3.8, 4) is 5.88 Å². The summed E-state index contributed by atoms with van der Waals surface area (Å²) in [5.41, 5.74) is -0.392. The molecule has 1 aromatic heterocycles. The molecule has 0 aliphatic carbocycles. The molecule has 0 fully saturated rings. The third-order valence-corrected chi connectivity index (χ3v) is 2.44. The van der Waals surface area contributed by atoms with Gasteiger partial charge < -0.3 is 4.74 Å². The second-order valence-corrected chi connectivity index (χ2v) is 4.00. The summed E-state index contributed by atoms with van der Waals surface area (Å²) in [6.45, 7) is 5.70. The largest absolute Gasteiger partial charge is 0.469 e. The van der Waals surface area contributed by atoms with Crippen LogP contribution < -0.4 is 4.74 Å². The van der Waals surface area contributed by atoms with Gasteiger partial charge in [-0.3, -0.25) is 10.1 Å². The first kappa shape index (κ1) is 12.6. The maximum atomic E-state index is 10.8. The monoisotopic (exact) mass is 245 g/mol. The fourth-order valence-corrected chi connectivity index (χ4v) is 1.09. The van der Waals surface area contributed by atoms with Crippen molar-refractivity contribution in [2.45, 2.75) is 26.9 Å². The average molecular weight is 246 g/mol. The molecule has 0 aromatic carbocycles. The van der Waals surface area contributed by atoms with Crippen molar-refractivity contribution < 1.29 is 9.66 Å². The van der Waals surface area contributed by atoms with Crippen molar-refractivity contribution >= 4 is 17.3 Å². The van der Waals surface area contributed by atoms with Crippen LogP contribution >= 0.6 is 11.6 Å². The highest BCUT2D eigenvalue weighted by atomic mass is 35.5. The number of nitro groups is 1. The van der Waals surface area contributed by atoms with Gasteiger partial charge in [-0.2, -0.15) is 4.98 Å². The molecule has 0 aliphatic heterocycles. The lowest BCUT2D eigenvalue weighted by molar-refractivity contribution is -0.386. The fraction of sp³-hybridized carbons (Fsp3) is 0.556. The molecule has 0 N–H and O–H groups in total. The summed E-state index contributed by atoms with van der Waals surface area (Å²) in [7, 11) is 0. The highest BCUT2D eigenvalue weighted by Gasteiger charge is 2.25. The Morgan fingerprint density at radius 3 is 2.56 bits per heavy atom. The summed E-state index contributed by atoms with van der Waals surface area (Å²) in [6.07, 6.45) is 0.946. The maximum Gasteiger partial charge on any atom is 0.367 e. The van der Waals surface area contributed by atoms with Crippen LogP contribution in [0.1, 0.15) is 20.8 Å². The van der Waals surface area contributed by atoms with E-state index in [0.717, 1.165) is 6.33 Å². The summed E-state index contributed by atoms with van der Waals surface area (Å²) < 4.78 is 5.37. The summed E-state index contributed by atoms with van der Waals surface area (Å²) >= 11 is 5.61. The van der Waals surface area contributed by atoms with Gasteiger partial charge in [-0.05, 0) is 12.8 Å². The standard InChI is InChI=1S/C9H12ClN3O3/c1-5(2)6(3)16-9-7(13(14)15)8(10)11-4-12-9/h4-6H,1-3H3. The number of rotatable bonds is 4. The minimum Gasteiger partial charge on any atom is -0.469 e. The first-order chi connectivity index (χ1) is 7.43. The van der Waals surface area contributed by atoms with Crippen molar-refractivity contribution in [1.29, 1.82) is 0 Å². The van der Waals surface area contributed by atoms with Gasteiger partial charge in [0.25, 0.3) is 5.88 Å². The third kappa shape index (κ3) is 2.79. The molecule has 7 heteroatoms. The van der Waals surface area contributed by atoms with Crippen LogP contribution in [0.4, 0.5) is 5.69 Å². The van der Waals surface area contributed by atoms with Gasteiger partial charge in [-0.1, -0.05) is 25.4 Å². The van der Waals surface area contributed by atoms with Crippen LogP contribution in [0.15, 0.2) is 6.33 Å². The van der Waals surface area contributed by atoms with Crippen molar-refractivity contribution in [3.05, 3.63) is 21.6 Å². The number of hydrogen-bond donors (Lipinski definition) is 0. The lowest BCUT2D eigenvalue weighted by Crippen LogP contribution is -2.20. The molecule has 1 heterocycles. The molecule has 88 valence electrons. The Morgan fingerprint density at radius 2 is 2.06 bits per heavy atom. The van der Waals surface area contributed by atoms with Gasteiger partial charge in [0, 0.05) is 0 Å². The molecule has 6 nitrogen and oxygen atoms in total. The van der Waals surface area contributed by atoms with Crippen molar-refractivity contribution in [2.75, 3.05) is 0 Å². The summed E-state index contributed by atoms with van der Waals surface area (Å²) in [5.74, 6) is 0.125.